The van der Waals surface area contributed by atoms with Gasteiger partial charge >= 0.3 is 0 Å². The Morgan fingerprint density at radius 2 is 0.898 bits per heavy atom. The summed E-state index contributed by atoms with van der Waals surface area (Å²) in [5, 5.41) is 10.2. The number of fused-ring (bicyclic) bond motifs is 8. The molecule has 1 aliphatic carbocycles. The molecule has 0 aliphatic heterocycles. The number of hydrogen-bond donors (Lipinski definition) is 0. The van der Waals surface area contributed by atoms with Crippen molar-refractivity contribution in [2.45, 2.75) is 19.3 Å². The van der Waals surface area contributed by atoms with Gasteiger partial charge in [0, 0.05) is 5.41 Å². The average Bonchev–Trinajstić information content (AvgIpc) is 3.39. The fraction of sp³-hybridized carbons (Fsp3) is 0.0612. The highest BCUT2D eigenvalue weighted by Gasteiger charge is 2.35. The molecule has 0 unspecified atom stereocenters. The Labute approximate surface area is 286 Å². The summed E-state index contributed by atoms with van der Waals surface area (Å²) in [4.78, 5) is 0. The zero-order chi connectivity index (χ0) is 32.7. The van der Waals surface area contributed by atoms with Crippen molar-refractivity contribution in [2.75, 3.05) is 0 Å². The van der Waals surface area contributed by atoms with Crippen LogP contribution in [-0.2, 0) is 5.41 Å². The molecule has 0 amide bonds. The van der Waals surface area contributed by atoms with E-state index in [1.165, 1.54) is 98.7 Å². The molecule has 0 fully saturated rings. The molecule has 0 bridgehead atoms. The SMILES string of the molecule is CC1(C)c2ccccc2-c2ccc(-c3c4ccccc4c(-c4cc5ccccc5c5ccccc45)c4cc(-c5ccccc5)ccc34)cc21. The molecule has 0 atom stereocenters. The van der Waals surface area contributed by atoms with Crippen LogP contribution in [0.3, 0.4) is 0 Å². The van der Waals surface area contributed by atoms with Crippen molar-refractivity contribution in [1.82, 2.24) is 0 Å². The van der Waals surface area contributed by atoms with Gasteiger partial charge < -0.3 is 0 Å². The van der Waals surface area contributed by atoms with Gasteiger partial charge in [0.05, 0.1) is 0 Å². The number of rotatable bonds is 3. The standard InChI is InChI=1S/C49H34/c1-49(2)45-23-13-12-20-38(45)39-26-25-34(30-46(39)49)47-40-21-10-11-22-41(40)48(44-28-32(24-27-42(44)47)31-14-4-3-5-15-31)43-29-33-16-6-7-17-35(33)36-18-8-9-19-37(36)43/h3-30H,1-2H3. The largest absolute Gasteiger partial charge is 0.0622 e. The number of hydrogen-bond acceptors (Lipinski definition) is 0. The first-order valence-electron chi connectivity index (χ1n) is 17.3. The lowest BCUT2D eigenvalue weighted by Gasteiger charge is -2.23. The van der Waals surface area contributed by atoms with Crippen LogP contribution in [0, 0.1) is 0 Å². The maximum atomic E-state index is 2.48. The van der Waals surface area contributed by atoms with E-state index in [-0.39, 0.29) is 5.41 Å². The molecule has 9 aromatic carbocycles. The van der Waals surface area contributed by atoms with Crippen LogP contribution in [0.2, 0.25) is 0 Å². The van der Waals surface area contributed by atoms with E-state index < -0.39 is 0 Å². The van der Waals surface area contributed by atoms with Crippen molar-refractivity contribution in [1.29, 1.82) is 0 Å². The first-order chi connectivity index (χ1) is 24.1. The second-order valence-electron chi connectivity index (χ2n) is 14.0. The molecule has 10 rings (SSSR count). The highest BCUT2D eigenvalue weighted by molar-refractivity contribution is 6.26. The van der Waals surface area contributed by atoms with Gasteiger partial charge in [0.1, 0.15) is 0 Å². The van der Waals surface area contributed by atoms with Crippen molar-refractivity contribution in [2.24, 2.45) is 0 Å². The van der Waals surface area contributed by atoms with Crippen LogP contribution in [0.15, 0.2) is 170 Å². The van der Waals surface area contributed by atoms with Crippen LogP contribution >= 0.6 is 0 Å². The smallest absolute Gasteiger partial charge is 0.0159 e. The molecule has 0 aromatic heterocycles. The van der Waals surface area contributed by atoms with Gasteiger partial charge in [-0.25, -0.2) is 0 Å². The summed E-state index contributed by atoms with van der Waals surface area (Å²) in [5.41, 5.74) is 13.0. The Morgan fingerprint density at radius 1 is 0.306 bits per heavy atom. The van der Waals surface area contributed by atoms with Gasteiger partial charge in [0.2, 0.25) is 0 Å². The lowest BCUT2D eigenvalue weighted by molar-refractivity contribution is 0.660. The fourth-order valence-corrected chi connectivity index (χ4v) is 8.71. The van der Waals surface area contributed by atoms with Crippen molar-refractivity contribution in [3.05, 3.63) is 181 Å². The van der Waals surface area contributed by atoms with Crippen LogP contribution in [0.25, 0.3) is 87.6 Å². The van der Waals surface area contributed by atoms with E-state index in [0.717, 1.165) is 0 Å². The molecule has 9 aromatic rings. The van der Waals surface area contributed by atoms with E-state index in [4.69, 9.17) is 0 Å². The lowest BCUT2D eigenvalue weighted by atomic mass is 9.80. The average molecular weight is 623 g/mol. The molecule has 0 spiro atoms. The van der Waals surface area contributed by atoms with Crippen LogP contribution < -0.4 is 0 Å². The third-order valence-electron chi connectivity index (χ3n) is 11.0. The van der Waals surface area contributed by atoms with Crippen LogP contribution in [0.5, 0.6) is 0 Å². The monoisotopic (exact) mass is 622 g/mol. The van der Waals surface area contributed by atoms with Crippen LogP contribution in [-0.4, -0.2) is 0 Å². The predicted molar refractivity (Wildman–Crippen MR) is 210 cm³/mol. The Kier molecular flexibility index (Phi) is 6.02. The first-order valence-corrected chi connectivity index (χ1v) is 17.3. The summed E-state index contributed by atoms with van der Waals surface area (Å²) >= 11 is 0. The molecule has 0 nitrogen and oxygen atoms in total. The minimum Gasteiger partial charge on any atom is -0.0622 e. The normalized spacial score (nSPS) is 13.3. The zero-order valence-corrected chi connectivity index (χ0v) is 27.7. The molecular weight excluding hydrogens is 589 g/mol. The lowest BCUT2D eigenvalue weighted by Crippen LogP contribution is -2.14. The van der Waals surface area contributed by atoms with E-state index in [2.05, 4.69) is 184 Å². The molecule has 49 heavy (non-hydrogen) atoms. The summed E-state index contributed by atoms with van der Waals surface area (Å²) in [6, 6.07) is 63.2. The Balaban J connectivity index is 1.34. The van der Waals surface area contributed by atoms with Gasteiger partial charge in [0.15, 0.2) is 0 Å². The number of benzene rings is 9. The highest BCUT2D eigenvalue weighted by atomic mass is 14.4. The zero-order valence-electron chi connectivity index (χ0n) is 27.7. The fourth-order valence-electron chi connectivity index (χ4n) is 8.71. The quantitative estimate of drug-likeness (QED) is 0.136. The minimum absolute atomic E-state index is 0.0715. The van der Waals surface area contributed by atoms with Gasteiger partial charge in [-0.1, -0.05) is 166 Å². The van der Waals surface area contributed by atoms with E-state index in [9.17, 15) is 0 Å². The summed E-state index contributed by atoms with van der Waals surface area (Å²) in [6.07, 6.45) is 0. The Bertz CT molecular complexity index is 2780. The Morgan fingerprint density at radius 3 is 1.71 bits per heavy atom. The molecule has 1 aliphatic rings. The van der Waals surface area contributed by atoms with Gasteiger partial charge in [-0.2, -0.15) is 0 Å². The maximum Gasteiger partial charge on any atom is 0.0159 e. The van der Waals surface area contributed by atoms with Crippen LogP contribution in [0.1, 0.15) is 25.0 Å². The van der Waals surface area contributed by atoms with Crippen LogP contribution in [0.4, 0.5) is 0 Å². The van der Waals surface area contributed by atoms with Gasteiger partial charge in [-0.05, 0) is 117 Å². The molecule has 0 heteroatoms. The molecule has 0 saturated heterocycles. The molecule has 0 N–H and O–H groups in total. The van der Waals surface area contributed by atoms with Crippen molar-refractivity contribution in [3.63, 3.8) is 0 Å². The van der Waals surface area contributed by atoms with Crippen molar-refractivity contribution in [3.8, 4) is 44.5 Å². The third kappa shape index (κ3) is 4.11. The molecule has 0 heterocycles. The Hall–Kier alpha value is -5.98. The topological polar surface area (TPSA) is 0 Å². The predicted octanol–water partition coefficient (Wildman–Crippen LogP) is 13.6. The van der Waals surface area contributed by atoms with Gasteiger partial charge in [-0.3, -0.25) is 0 Å². The highest BCUT2D eigenvalue weighted by Crippen LogP contribution is 2.52. The summed E-state index contributed by atoms with van der Waals surface area (Å²) < 4.78 is 0. The van der Waals surface area contributed by atoms with Gasteiger partial charge in [0.25, 0.3) is 0 Å². The second-order valence-corrected chi connectivity index (χ2v) is 14.0. The van der Waals surface area contributed by atoms with E-state index in [0.29, 0.717) is 0 Å². The van der Waals surface area contributed by atoms with Gasteiger partial charge in [-0.15, -0.1) is 0 Å². The minimum atomic E-state index is -0.0715. The summed E-state index contributed by atoms with van der Waals surface area (Å²) in [5.74, 6) is 0. The molecule has 0 radical (unpaired) electrons. The first kappa shape index (κ1) is 28.1. The molecule has 230 valence electrons. The van der Waals surface area contributed by atoms with E-state index >= 15 is 0 Å². The van der Waals surface area contributed by atoms with E-state index in [1.54, 1.807) is 0 Å². The second kappa shape index (κ2) is 10.5. The summed E-state index contributed by atoms with van der Waals surface area (Å²) in [6.45, 7) is 4.75. The van der Waals surface area contributed by atoms with E-state index in [1.807, 2.05) is 0 Å². The van der Waals surface area contributed by atoms with Crippen molar-refractivity contribution < 1.29 is 0 Å². The van der Waals surface area contributed by atoms with Crippen molar-refractivity contribution >= 4 is 43.1 Å². The molecule has 0 saturated carbocycles. The maximum absolute atomic E-state index is 2.48. The third-order valence-corrected chi connectivity index (χ3v) is 11.0. The summed E-state index contributed by atoms with van der Waals surface area (Å²) in [7, 11) is 0. The molecular formula is C49H34.